The zero-order valence-corrected chi connectivity index (χ0v) is 6.76. The second-order valence-electron chi connectivity index (χ2n) is 2.45. The number of ether oxygens (including phenoxy) is 1. The van der Waals surface area contributed by atoms with Crippen molar-refractivity contribution in [3.63, 3.8) is 0 Å². The molecule has 0 aliphatic rings. The van der Waals surface area contributed by atoms with E-state index in [-0.39, 0.29) is 5.97 Å². The first-order chi connectivity index (χ1) is 4.66. The lowest BCUT2D eigenvalue weighted by atomic mass is 10.2. The average Bonchev–Trinajstić information content (AvgIpc) is 1.87. The molecule has 0 bridgehead atoms. The van der Waals surface area contributed by atoms with E-state index < -0.39 is 0 Å². The zero-order valence-electron chi connectivity index (χ0n) is 6.76. The molecule has 0 radical (unpaired) electrons. The molecule has 0 N–H and O–H groups in total. The largest absolute Gasteiger partial charge is 0.469 e. The monoisotopic (exact) mass is 142 g/mol. The lowest BCUT2D eigenvalue weighted by Gasteiger charge is -1.93. The molecule has 0 heterocycles. The van der Waals surface area contributed by atoms with Crippen molar-refractivity contribution in [2.75, 3.05) is 7.11 Å². The van der Waals surface area contributed by atoms with Gasteiger partial charge in [0.1, 0.15) is 0 Å². The van der Waals surface area contributed by atoms with E-state index in [0.717, 1.165) is 0 Å². The molecule has 0 aromatic heterocycles. The minimum absolute atomic E-state index is 0.183. The van der Waals surface area contributed by atoms with Gasteiger partial charge in [0.15, 0.2) is 0 Å². The van der Waals surface area contributed by atoms with Crippen molar-refractivity contribution in [3.05, 3.63) is 12.2 Å². The quantitative estimate of drug-likeness (QED) is 0.443. The number of carbonyl (C=O) groups is 1. The van der Waals surface area contributed by atoms with Gasteiger partial charge in [-0.2, -0.15) is 0 Å². The van der Waals surface area contributed by atoms with Gasteiger partial charge in [-0.3, -0.25) is 4.79 Å². The van der Waals surface area contributed by atoms with Crippen LogP contribution in [0.2, 0.25) is 0 Å². The molecule has 10 heavy (non-hydrogen) atoms. The second-order valence-corrected chi connectivity index (χ2v) is 2.45. The van der Waals surface area contributed by atoms with E-state index in [9.17, 15) is 4.79 Å². The van der Waals surface area contributed by atoms with Gasteiger partial charge in [-0.15, -0.1) is 0 Å². The topological polar surface area (TPSA) is 26.3 Å². The predicted molar refractivity (Wildman–Crippen MR) is 40.6 cm³/mol. The highest BCUT2D eigenvalue weighted by Crippen LogP contribution is 1.95. The first-order valence-corrected chi connectivity index (χ1v) is 3.40. The molecule has 0 spiro atoms. The number of rotatable bonds is 3. The molecule has 0 atom stereocenters. The summed E-state index contributed by atoms with van der Waals surface area (Å²) in [6, 6.07) is 0. The van der Waals surface area contributed by atoms with Crippen LogP contribution in [0.1, 0.15) is 20.3 Å². The third kappa shape index (κ3) is 5.35. The number of hydrogen-bond donors (Lipinski definition) is 0. The Labute approximate surface area is 61.9 Å². The molecule has 2 heteroatoms. The summed E-state index contributed by atoms with van der Waals surface area (Å²) in [4.78, 5) is 10.5. The summed E-state index contributed by atoms with van der Waals surface area (Å²) < 4.78 is 4.44. The van der Waals surface area contributed by atoms with E-state index in [0.29, 0.717) is 12.3 Å². The maximum Gasteiger partial charge on any atom is 0.309 e. The smallest absolute Gasteiger partial charge is 0.309 e. The van der Waals surface area contributed by atoms with E-state index in [1.807, 2.05) is 12.2 Å². The van der Waals surface area contributed by atoms with Crippen molar-refractivity contribution in [1.82, 2.24) is 0 Å². The SMILES string of the molecule is COC(=O)C/C=C/C(C)C. The zero-order chi connectivity index (χ0) is 7.98. The highest BCUT2D eigenvalue weighted by molar-refractivity contribution is 5.70. The number of methoxy groups -OCH3 is 1. The maximum atomic E-state index is 10.5. The van der Waals surface area contributed by atoms with Crippen molar-refractivity contribution in [1.29, 1.82) is 0 Å². The summed E-state index contributed by atoms with van der Waals surface area (Å²) in [6.45, 7) is 4.13. The van der Waals surface area contributed by atoms with Crippen molar-refractivity contribution in [2.45, 2.75) is 20.3 Å². The standard InChI is InChI=1S/C8H14O2/c1-7(2)5-4-6-8(9)10-3/h4-5,7H,6H2,1-3H3/b5-4+. The normalized spacial score (nSPS) is 10.8. The van der Waals surface area contributed by atoms with E-state index in [1.54, 1.807) is 0 Å². The van der Waals surface area contributed by atoms with Crippen LogP contribution in [0.3, 0.4) is 0 Å². The van der Waals surface area contributed by atoms with Gasteiger partial charge in [-0.25, -0.2) is 0 Å². The molecule has 58 valence electrons. The molecule has 0 aliphatic heterocycles. The molecular formula is C8H14O2. The molecule has 0 unspecified atom stereocenters. The first-order valence-electron chi connectivity index (χ1n) is 3.40. The highest BCUT2D eigenvalue weighted by atomic mass is 16.5. The lowest BCUT2D eigenvalue weighted by Crippen LogP contribution is -1.96. The number of carbonyl (C=O) groups excluding carboxylic acids is 1. The molecule has 0 saturated heterocycles. The van der Waals surface area contributed by atoms with Crippen LogP contribution in [0.5, 0.6) is 0 Å². The fourth-order valence-corrected chi connectivity index (χ4v) is 0.520. The highest BCUT2D eigenvalue weighted by Gasteiger charge is 1.93. The minimum Gasteiger partial charge on any atom is -0.469 e. The van der Waals surface area contributed by atoms with Gasteiger partial charge < -0.3 is 4.74 Å². The number of esters is 1. The molecule has 0 fully saturated rings. The fourth-order valence-electron chi connectivity index (χ4n) is 0.520. The Balaban J connectivity index is 3.43. The van der Waals surface area contributed by atoms with Crippen molar-refractivity contribution >= 4 is 5.97 Å². The van der Waals surface area contributed by atoms with Gasteiger partial charge in [-0.05, 0) is 5.92 Å². The average molecular weight is 142 g/mol. The molecular weight excluding hydrogens is 128 g/mol. The van der Waals surface area contributed by atoms with Crippen LogP contribution in [-0.2, 0) is 9.53 Å². The van der Waals surface area contributed by atoms with Crippen LogP contribution in [0.4, 0.5) is 0 Å². The van der Waals surface area contributed by atoms with Crippen LogP contribution in [-0.4, -0.2) is 13.1 Å². The minimum atomic E-state index is -0.183. The van der Waals surface area contributed by atoms with Crippen molar-refractivity contribution < 1.29 is 9.53 Å². The van der Waals surface area contributed by atoms with Crippen LogP contribution in [0.15, 0.2) is 12.2 Å². The van der Waals surface area contributed by atoms with Crippen LogP contribution in [0.25, 0.3) is 0 Å². The molecule has 2 nitrogen and oxygen atoms in total. The Morgan fingerprint density at radius 2 is 2.20 bits per heavy atom. The maximum absolute atomic E-state index is 10.5. The van der Waals surface area contributed by atoms with Crippen molar-refractivity contribution in [3.8, 4) is 0 Å². The Kier molecular flexibility index (Phi) is 4.63. The molecule has 0 aliphatic carbocycles. The second kappa shape index (κ2) is 5.03. The van der Waals surface area contributed by atoms with Gasteiger partial charge in [0, 0.05) is 0 Å². The Morgan fingerprint density at radius 3 is 2.60 bits per heavy atom. The summed E-state index contributed by atoms with van der Waals surface area (Å²) in [5.41, 5.74) is 0. The van der Waals surface area contributed by atoms with Crippen LogP contribution >= 0.6 is 0 Å². The Morgan fingerprint density at radius 1 is 1.60 bits per heavy atom. The van der Waals surface area contributed by atoms with Gasteiger partial charge in [0.05, 0.1) is 13.5 Å². The van der Waals surface area contributed by atoms with Crippen LogP contribution in [0, 0.1) is 5.92 Å². The summed E-state index contributed by atoms with van der Waals surface area (Å²) in [5.74, 6) is 0.321. The van der Waals surface area contributed by atoms with E-state index >= 15 is 0 Å². The molecule has 0 amide bonds. The lowest BCUT2D eigenvalue weighted by molar-refractivity contribution is -0.139. The predicted octanol–water partition coefficient (Wildman–Crippen LogP) is 1.76. The van der Waals surface area contributed by atoms with Gasteiger partial charge in [-0.1, -0.05) is 26.0 Å². The van der Waals surface area contributed by atoms with Gasteiger partial charge in [0.2, 0.25) is 0 Å². The van der Waals surface area contributed by atoms with E-state index in [2.05, 4.69) is 18.6 Å². The molecule has 0 aromatic rings. The summed E-state index contributed by atoms with van der Waals surface area (Å²) >= 11 is 0. The summed E-state index contributed by atoms with van der Waals surface area (Å²) in [6.07, 6.45) is 4.20. The van der Waals surface area contributed by atoms with Gasteiger partial charge in [0.25, 0.3) is 0 Å². The van der Waals surface area contributed by atoms with E-state index in [1.165, 1.54) is 7.11 Å². The third-order valence-electron chi connectivity index (χ3n) is 1.03. The van der Waals surface area contributed by atoms with Crippen molar-refractivity contribution in [2.24, 2.45) is 5.92 Å². The Bertz CT molecular complexity index is 125. The summed E-state index contributed by atoms with van der Waals surface area (Å²) in [5, 5.41) is 0. The third-order valence-corrected chi connectivity index (χ3v) is 1.03. The fraction of sp³-hybridized carbons (Fsp3) is 0.625. The first kappa shape index (κ1) is 9.21. The Hall–Kier alpha value is -0.790. The molecule has 0 aromatic carbocycles. The van der Waals surface area contributed by atoms with E-state index in [4.69, 9.17) is 0 Å². The van der Waals surface area contributed by atoms with Gasteiger partial charge >= 0.3 is 5.97 Å². The number of allylic oxidation sites excluding steroid dienone is 1. The van der Waals surface area contributed by atoms with Crippen LogP contribution < -0.4 is 0 Å². The summed E-state index contributed by atoms with van der Waals surface area (Å²) in [7, 11) is 1.39. The molecule has 0 saturated carbocycles. The molecule has 0 rings (SSSR count). The number of hydrogen-bond acceptors (Lipinski definition) is 2.